The SMILES string of the molecule is CCN(CC)CC(=O)N1CCN(CC)[C@H](c2ncc[nH]2)C1. The number of aromatic nitrogens is 2. The molecule has 1 aliphatic heterocycles. The maximum atomic E-state index is 12.5. The van der Waals surface area contributed by atoms with Crippen LogP contribution in [-0.4, -0.2) is 76.4 Å². The molecule has 118 valence electrons. The molecule has 1 N–H and O–H groups in total. The number of H-pyrrole nitrogens is 1. The van der Waals surface area contributed by atoms with Gasteiger partial charge in [-0.1, -0.05) is 20.8 Å². The molecule has 1 aromatic rings. The van der Waals surface area contributed by atoms with Crippen molar-refractivity contribution in [2.45, 2.75) is 26.8 Å². The summed E-state index contributed by atoms with van der Waals surface area (Å²) in [5.41, 5.74) is 0. The number of hydrogen-bond donors (Lipinski definition) is 1. The standard InChI is InChI=1S/C15H27N5O/c1-4-18(5-2)12-14(21)20-10-9-19(6-3)13(11-20)15-16-7-8-17-15/h7-8,13H,4-6,9-12H2,1-3H3,(H,16,17)/t13-/m0/s1. The first-order valence-electron chi connectivity index (χ1n) is 7.93. The normalized spacial score (nSPS) is 20.2. The molecule has 0 bridgehead atoms. The number of nitrogens with one attached hydrogen (secondary N) is 1. The lowest BCUT2D eigenvalue weighted by atomic mass is 10.1. The molecule has 6 heteroatoms. The summed E-state index contributed by atoms with van der Waals surface area (Å²) in [6.45, 7) is 12.1. The van der Waals surface area contributed by atoms with Crippen LogP contribution < -0.4 is 0 Å². The molecular formula is C15H27N5O. The highest BCUT2D eigenvalue weighted by Crippen LogP contribution is 2.22. The Bertz CT molecular complexity index is 429. The van der Waals surface area contributed by atoms with Gasteiger partial charge in [0.25, 0.3) is 0 Å². The number of nitrogens with zero attached hydrogens (tertiary/aromatic N) is 4. The van der Waals surface area contributed by atoms with E-state index in [0.29, 0.717) is 6.54 Å². The fourth-order valence-corrected chi connectivity index (χ4v) is 2.88. The molecule has 2 rings (SSSR count). The quantitative estimate of drug-likeness (QED) is 0.849. The number of carbonyl (C=O) groups is 1. The largest absolute Gasteiger partial charge is 0.347 e. The van der Waals surface area contributed by atoms with Crippen LogP contribution in [0.25, 0.3) is 0 Å². The molecule has 0 radical (unpaired) electrons. The number of rotatable bonds is 6. The van der Waals surface area contributed by atoms with Crippen LogP contribution in [0.4, 0.5) is 0 Å². The van der Waals surface area contributed by atoms with Crippen molar-refractivity contribution in [2.24, 2.45) is 0 Å². The molecule has 6 nitrogen and oxygen atoms in total. The topological polar surface area (TPSA) is 55.5 Å². The van der Waals surface area contributed by atoms with E-state index in [9.17, 15) is 4.79 Å². The summed E-state index contributed by atoms with van der Waals surface area (Å²) < 4.78 is 0. The van der Waals surface area contributed by atoms with Crippen molar-refractivity contribution >= 4 is 5.91 Å². The second kappa shape index (κ2) is 7.56. The van der Waals surface area contributed by atoms with Gasteiger partial charge in [0.2, 0.25) is 5.91 Å². The third kappa shape index (κ3) is 3.83. The molecule has 0 spiro atoms. The molecule has 1 saturated heterocycles. The van der Waals surface area contributed by atoms with E-state index in [0.717, 1.165) is 45.1 Å². The highest BCUT2D eigenvalue weighted by Gasteiger charge is 2.31. The fourth-order valence-electron chi connectivity index (χ4n) is 2.88. The summed E-state index contributed by atoms with van der Waals surface area (Å²) in [6.07, 6.45) is 3.62. The fraction of sp³-hybridized carbons (Fsp3) is 0.733. The van der Waals surface area contributed by atoms with Crippen molar-refractivity contribution in [3.63, 3.8) is 0 Å². The van der Waals surface area contributed by atoms with Crippen molar-refractivity contribution in [3.8, 4) is 0 Å². The zero-order valence-electron chi connectivity index (χ0n) is 13.4. The van der Waals surface area contributed by atoms with Gasteiger partial charge in [-0.3, -0.25) is 14.6 Å². The van der Waals surface area contributed by atoms with Crippen LogP contribution in [0.5, 0.6) is 0 Å². The van der Waals surface area contributed by atoms with Gasteiger partial charge in [0.05, 0.1) is 12.6 Å². The Morgan fingerprint density at radius 2 is 2.14 bits per heavy atom. The summed E-state index contributed by atoms with van der Waals surface area (Å²) in [7, 11) is 0. The molecular weight excluding hydrogens is 266 g/mol. The van der Waals surface area contributed by atoms with E-state index in [1.165, 1.54) is 0 Å². The molecule has 0 unspecified atom stereocenters. The molecule has 21 heavy (non-hydrogen) atoms. The van der Waals surface area contributed by atoms with Crippen LogP contribution in [-0.2, 0) is 4.79 Å². The zero-order chi connectivity index (χ0) is 15.2. The highest BCUT2D eigenvalue weighted by atomic mass is 16.2. The number of amides is 1. The Labute approximate surface area is 127 Å². The van der Waals surface area contributed by atoms with Gasteiger partial charge >= 0.3 is 0 Å². The Morgan fingerprint density at radius 1 is 1.38 bits per heavy atom. The van der Waals surface area contributed by atoms with Gasteiger partial charge in [-0.2, -0.15) is 0 Å². The smallest absolute Gasteiger partial charge is 0.236 e. The van der Waals surface area contributed by atoms with E-state index in [4.69, 9.17) is 0 Å². The Hall–Kier alpha value is -1.40. The number of hydrogen-bond acceptors (Lipinski definition) is 4. The van der Waals surface area contributed by atoms with Gasteiger partial charge in [-0.15, -0.1) is 0 Å². The maximum Gasteiger partial charge on any atom is 0.236 e. The second-order valence-corrected chi connectivity index (χ2v) is 5.42. The lowest BCUT2D eigenvalue weighted by Gasteiger charge is -2.40. The molecule has 1 aromatic heterocycles. The van der Waals surface area contributed by atoms with Crippen molar-refractivity contribution < 1.29 is 4.79 Å². The van der Waals surface area contributed by atoms with Gasteiger partial charge in [0.15, 0.2) is 0 Å². The second-order valence-electron chi connectivity index (χ2n) is 5.42. The van der Waals surface area contributed by atoms with Crippen LogP contribution >= 0.6 is 0 Å². The summed E-state index contributed by atoms with van der Waals surface area (Å²) in [5, 5.41) is 0. The van der Waals surface area contributed by atoms with Crippen molar-refractivity contribution in [2.75, 3.05) is 45.8 Å². The first-order chi connectivity index (χ1) is 10.2. The molecule has 1 fully saturated rings. The van der Waals surface area contributed by atoms with E-state index in [1.54, 1.807) is 6.20 Å². The number of piperazine rings is 1. The van der Waals surface area contributed by atoms with Crippen molar-refractivity contribution in [1.29, 1.82) is 0 Å². The maximum absolute atomic E-state index is 12.5. The number of likely N-dealkylation sites (N-methyl/N-ethyl adjacent to an activating group) is 2. The predicted molar refractivity (Wildman–Crippen MR) is 82.9 cm³/mol. The minimum atomic E-state index is 0.180. The summed E-state index contributed by atoms with van der Waals surface area (Å²) in [6, 6.07) is 0.180. The molecule has 0 aromatic carbocycles. The first-order valence-corrected chi connectivity index (χ1v) is 7.93. The third-order valence-electron chi connectivity index (χ3n) is 4.34. The molecule has 0 aliphatic carbocycles. The average molecular weight is 293 g/mol. The number of imidazole rings is 1. The Morgan fingerprint density at radius 3 is 2.71 bits per heavy atom. The molecule has 0 saturated carbocycles. The van der Waals surface area contributed by atoms with Crippen LogP contribution in [0.1, 0.15) is 32.6 Å². The Balaban J connectivity index is 2.01. The van der Waals surface area contributed by atoms with Gasteiger partial charge in [-0.05, 0) is 19.6 Å². The minimum absolute atomic E-state index is 0.180. The van der Waals surface area contributed by atoms with Crippen LogP contribution in [0.3, 0.4) is 0 Å². The number of carbonyl (C=O) groups excluding carboxylic acids is 1. The molecule has 1 atom stereocenters. The van der Waals surface area contributed by atoms with E-state index in [1.807, 2.05) is 11.1 Å². The van der Waals surface area contributed by atoms with Crippen LogP contribution in [0.2, 0.25) is 0 Å². The van der Waals surface area contributed by atoms with Crippen LogP contribution in [0, 0.1) is 0 Å². The van der Waals surface area contributed by atoms with Gasteiger partial charge in [0.1, 0.15) is 5.82 Å². The van der Waals surface area contributed by atoms with Crippen molar-refractivity contribution in [3.05, 3.63) is 18.2 Å². The minimum Gasteiger partial charge on any atom is -0.347 e. The van der Waals surface area contributed by atoms with Gasteiger partial charge in [-0.25, -0.2) is 4.98 Å². The summed E-state index contributed by atoms with van der Waals surface area (Å²) in [4.78, 5) is 26.6. The van der Waals surface area contributed by atoms with E-state index >= 15 is 0 Å². The van der Waals surface area contributed by atoms with Crippen LogP contribution in [0.15, 0.2) is 12.4 Å². The summed E-state index contributed by atoms with van der Waals surface area (Å²) >= 11 is 0. The highest BCUT2D eigenvalue weighted by molar-refractivity contribution is 5.78. The monoisotopic (exact) mass is 293 g/mol. The predicted octanol–water partition coefficient (Wildman–Crippen LogP) is 0.957. The van der Waals surface area contributed by atoms with E-state index in [-0.39, 0.29) is 11.9 Å². The first kappa shape index (κ1) is 16.0. The van der Waals surface area contributed by atoms with Crippen molar-refractivity contribution in [1.82, 2.24) is 24.7 Å². The van der Waals surface area contributed by atoms with Gasteiger partial charge < -0.3 is 9.88 Å². The summed E-state index contributed by atoms with van der Waals surface area (Å²) in [5.74, 6) is 1.18. The van der Waals surface area contributed by atoms with E-state index in [2.05, 4.69) is 40.5 Å². The average Bonchev–Trinajstić information content (AvgIpc) is 3.05. The lowest BCUT2D eigenvalue weighted by molar-refractivity contribution is -0.135. The third-order valence-corrected chi connectivity index (χ3v) is 4.34. The molecule has 2 heterocycles. The van der Waals surface area contributed by atoms with E-state index < -0.39 is 0 Å². The zero-order valence-corrected chi connectivity index (χ0v) is 13.4. The lowest BCUT2D eigenvalue weighted by Crippen LogP contribution is -2.52. The Kier molecular flexibility index (Phi) is 5.76. The number of aromatic amines is 1. The molecule has 1 amide bonds. The molecule has 1 aliphatic rings. The van der Waals surface area contributed by atoms with Gasteiger partial charge in [0, 0.05) is 32.0 Å².